The number of aryl methyl sites for hydroxylation is 1. The van der Waals surface area contributed by atoms with Crippen LogP contribution in [0.1, 0.15) is 11.1 Å². The highest BCUT2D eigenvalue weighted by Gasteiger charge is 2.16. The van der Waals surface area contributed by atoms with Crippen molar-refractivity contribution in [3.63, 3.8) is 0 Å². The van der Waals surface area contributed by atoms with E-state index in [1.807, 2.05) is 32.0 Å². The average Bonchev–Trinajstić information content (AvgIpc) is 3.12. The number of carbonyl (C=O) groups is 1. The van der Waals surface area contributed by atoms with E-state index in [2.05, 4.69) is 5.32 Å². The van der Waals surface area contributed by atoms with Gasteiger partial charge in [-0.2, -0.15) is 0 Å². The summed E-state index contributed by atoms with van der Waals surface area (Å²) in [7, 11) is 1.50. The van der Waals surface area contributed by atoms with E-state index in [0.29, 0.717) is 15.9 Å². The summed E-state index contributed by atoms with van der Waals surface area (Å²) in [6, 6.07) is 7.35. The maximum absolute atomic E-state index is 12.8. The van der Waals surface area contributed by atoms with Crippen LogP contribution in [0.15, 0.2) is 39.2 Å². The summed E-state index contributed by atoms with van der Waals surface area (Å²) in [6.45, 7) is 4.10. The minimum atomic E-state index is -0.515. The zero-order chi connectivity index (χ0) is 19.6. The zero-order valence-electron chi connectivity index (χ0n) is 15.4. The van der Waals surface area contributed by atoms with Gasteiger partial charge in [0.15, 0.2) is 0 Å². The van der Waals surface area contributed by atoms with Gasteiger partial charge in [-0.1, -0.05) is 12.1 Å². The first kappa shape index (κ1) is 19.1. The van der Waals surface area contributed by atoms with Crippen molar-refractivity contribution in [1.82, 2.24) is 9.13 Å². The van der Waals surface area contributed by atoms with Crippen LogP contribution in [-0.4, -0.2) is 28.8 Å². The van der Waals surface area contributed by atoms with Crippen molar-refractivity contribution in [3.05, 3.63) is 61.6 Å². The van der Waals surface area contributed by atoms with Crippen LogP contribution in [-0.2, 0) is 22.6 Å². The van der Waals surface area contributed by atoms with E-state index in [-0.39, 0.29) is 31.2 Å². The number of carbonyl (C=O) groups excluding carboxylic acids is 1. The molecule has 8 heteroatoms. The number of nitrogens with one attached hydrogen (secondary N) is 1. The van der Waals surface area contributed by atoms with Crippen molar-refractivity contribution in [1.29, 1.82) is 0 Å². The van der Waals surface area contributed by atoms with Gasteiger partial charge in [0.25, 0.3) is 5.56 Å². The van der Waals surface area contributed by atoms with Gasteiger partial charge in [0.2, 0.25) is 5.91 Å². The molecule has 3 aromatic rings. The Morgan fingerprint density at radius 1 is 1.19 bits per heavy atom. The molecule has 7 nitrogen and oxygen atoms in total. The number of fused-ring (bicyclic) bond motifs is 1. The van der Waals surface area contributed by atoms with Crippen molar-refractivity contribution >= 4 is 33.1 Å². The third-order valence-corrected chi connectivity index (χ3v) is 5.43. The number of ether oxygens (including phenoxy) is 1. The molecule has 2 heterocycles. The van der Waals surface area contributed by atoms with Crippen molar-refractivity contribution in [2.45, 2.75) is 26.9 Å². The first-order valence-electron chi connectivity index (χ1n) is 8.50. The molecule has 0 bridgehead atoms. The number of amides is 1. The van der Waals surface area contributed by atoms with Crippen LogP contribution in [0.5, 0.6) is 0 Å². The normalized spacial score (nSPS) is 11.1. The number of methoxy groups -OCH3 is 1. The smallest absolute Gasteiger partial charge is 0.332 e. The van der Waals surface area contributed by atoms with Gasteiger partial charge in [-0.3, -0.25) is 18.7 Å². The zero-order valence-corrected chi connectivity index (χ0v) is 16.3. The van der Waals surface area contributed by atoms with Gasteiger partial charge in [0.05, 0.1) is 18.7 Å². The topological polar surface area (TPSA) is 82.3 Å². The molecule has 0 unspecified atom stereocenters. The summed E-state index contributed by atoms with van der Waals surface area (Å²) in [5, 5.41) is 4.59. The van der Waals surface area contributed by atoms with Crippen molar-refractivity contribution in [2.24, 2.45) is 0 Å². The Hall–Kier alpha value is -2.71. The molecule has 0 saturated carbocycles. The second-order valence-corrected chi connectivity index (χ2v) is 7.17. The highest BCUT2D eigenvalue weighted by atomic mass is 32.1. The summed E-state index contributed by atoms with van der Waals surface area (Å²) < 4.78 is 7.89. The van der Waals surface area contributed by atoms with Gasteiger partial charge in [-0.05, 0) is 42.5 Å². The molecule has 27 heavy (non-hydrogen) atoms. The number of thiophene rings is 1. The molecule has 3 rings (SSSR count). The van der Waals surface area contributed by atoms with Crippen LogP contribution in [0.3, 0.4) is 0 Å². The Kier molecular flexibility index (Phi) is 5.57. The molecule has 0 atom stereocenters. The Morgan fingerprint density at radius 2 is 1.96 bits per heavy atom. The van der Waals surface area contributed by atoms with E-state index in [1.54, 1.807) is 11.4 Å². The second-order valence-electron chi connectivity index (χ2n) is 6.25. The van der Waals surface area contributed by atoms with Gasteiger partial charge in [-0.15, -0.1) is 11.3 Å². The molecular weight excluding hydrogens is 366 g/mol. The fourth-order valence-corrected chi connectivity index (χ4v) is 3.73. The van der Waals surface area contributed by atoms with Crippen LogP contribution < -0.4 is 16.6 Å². The van der Waals surface area contributed by atoms with Gasteiger partial charge >= 0.3 is 5.69 Å². The van der Waals surface area contributed by atoms with E-state index in [0.717, 1.165) is 15.7 Å². The number of hydrogen-bond donors (Lipinski definition) is 1. The molecule has 2 aromatic heterocycles. The third-order valence-electron chi connectivity index (χ3n) is 4.54. The average molecular weight is 387 g/mol. The molecule has 1 N–H and O–H groups in total. The maximum Gasteiger partial charge on any atom is 0.332 e. The molecule has 1 aromatic carbocycles. The molecule has 0 saturated heterocycles. The molecule has 0 aliphatic heterocycles. The fourth-order valence-electron chi connectivity index (χ4n) is 2.89. The van der Waals surface area contributed by atoms with E-state index in [4.69, 9.17) is 4.74 Å². The monoisotopic (exact) mass is 387 g/mol. The Morgan fingerprint density at radius 3 is 2.70 bits per heavy atom. The summed E-state index contributed by atoms with van der Waals surface area (Å²) in [4.78, 5) is 37.9. The van der Waals surface area contributed by atoms with Gasteiger partial charge < -0.3 is 10.1 Å². The lowest BCUT2D eigenvalue weighted by Crippen LogP contribution is -2.42. The number of anilines is 1. The third kappa shape index (κ3) is 3.72. The van der Waals surface area contributed by atoms with E-state index in [1.165, 1.54) is 23.0 Å². The predicted molar refractivity (Wildman–Crippen MR) is 107 cm³/mol. The maximum atomic E-state index is 12.8. The number of aromatic nitrogens is 2. The van der Waals surface area contributed by atoms with Crippen LogP contribution in [0, 0.1) is 13.8 Å². The fraction of sp³-hybridized carbons (Fsp3) is 0.316. The van der Waals surface area contributed by atoms with Crippen LogP contribution in [0.4, 0.5) is 5.69 Å². The molecule has 142 valence electrons. The number of rotatable bonds is 6. The molecular formula is C19H21N3O4S. The minimum Gasteiger partial charge on any atom is -0.383 e. The Bertz CT molecular complexity index is 1110. The first-order chi connectivity index (χ1) is 12.9. The second kappa shape index (κ2) is 7.89. The minimum absolute atomic E-state index is 0.139. The molecule has 0 radical (unpaired) electrons. The van der Waals surface area contributed by atoms with Gasteiger partial charge in [0.1, 0.15) is 11.2 Å². The van der Waals surface area contributed by atoms with Crippen LogP contribution >= 0.6 is 11.3 Å². The summed E-state index contributed by atoms with van der Waals surface area (Å²) in [5.41, 5.74) is 2.36. The SMILES string of the molecule is COCCn1c(=O)c2sccc2n(CC(=O)Nc2cccc(C)c2C)c1=O. The largest absolute Gasteiger partial charge is 0.383 e. The quantitative estimate of drug-likeness (QED) is 0.702. The van der Waals surface area contributed by atoms with Gasteiger partial charge in [0, 0.05) is 12.8 Å². The molecule has 0 fully saturated rings. The molecule has 0 aliphatic carbocycles. The summed E-state index contributed by atoms with van der Waals surface area (Å²) in [5.74, 6) is -0.324. The van der Waals surface area contributed by atoms with E-state index < -0.39 is 5.69 Å². The first-order valence-corrected chi connectivity index (χ1v) is 9.38. The molecule has 0 spiro atoms. The van der Waals surface area contributed by atoms with Crippen molar-refractivity contribution in [2.75, 3.05) is 19.0 Å². The standard InChI is InChI=1S/C19H21N3O4S/c1-12-5-4-6-14(13(12)2)20-16(23)11-22-15-7-10-27-17(15)18(24)21(19(22)25)8-9-26-3/h4-7,10H,8-9,11H2,1-3H3,(H,20,23). The lowest BCUT2D eigenvalue weighted by molar-refractivity contribution is -0.116. The number of hydrogen-bond acceptors (Lipinski definition) is 5. The highest BCUT2D eigenvalue weighted by Crippen LogP contribution is 2.19. The molecule has 1 amide bonds. The Labute approximate surface area is 159 Å². The Balaban J connectivity index is 1.97. The number of benzene rings is 1. The van der Waals surface area contributed by atoms with Crippen LogP contribution in [0.25, 0.3) is 10.2 Å². The van der Waals surface area contributed by atoms with Crippen molar-refractivity contribution < 1.29 is 9.53 Å². The predicted octanol–water partition coefficient (Wildman–Crippen LogP) is 2.13. The van der Waals surface area contributed by atoms with Gasteiger partial charge in [-0.25, -0.2) is 4.79 Å². The number of nitrogens with zero attached hydrogens (tertiary/aromatic N) is 2. The summed E-state index contributed by atoms with van der Waals surface area (Å²) in [6.07, 6.45) is 0. The van der Waals surface area contributed by atoms with Crippen LogP contribution in [0.2, 0.25) is 0 Å². The summed E-state index contributed by atoms with van der Waals surface area (Å²) >= 11 is 1.25. The molecule has 0 aliphatic rings. The van der Waals surface area contributed by atoms with E-state index >= 15 is 0 Å². The lowest BCUT2D eigenvalue weighted by Gasteiger charge is -2.13. The van der Waals surface area contributed by atoms with Crippen molar-refractivity contribution in [3.8, 4) is 0 Å². The highest BCUT2D eigenvalue weighted by molar-refractivity contribution is 7.17. The lowest BCUT2D eigenvalue weighted by atomic mass is 10.1. The van der Waals surface area contributed by atoms with E-state index in [9.17, 15) is 14.4 Å².